The van der Waals surface area contributed by atoms with E-state index >= 15 is 0 Å². The van der Waals surface area contributed by atoms with Crippen LogP contribution in [-0.4, -0.2) is 62.5 Å². The molecule has 0 unspecified atom stereocenters. The summed E-state index contributed by atoms with van der Waals surface area (Å²) in [6, 6.07) is 16.4. The second-order valence-corrected chi connectivity index (χ2v) is 7.77. The molecule has 1 aliphatic rings. The van der Waals surface area contributed by atoms with Gasteiger partial charge in [0.25, 0.3) is 0 Å². The zero-order chi connectivity index (χ0) is 21.9. The van der Waals surface area contributed by atoms with Gasteiger partial charge in [0.1, 0.15) is 5.82 Å². The molecule has 31 heavy (non-hydrogen) atoms. The standard InChI is InChI=1S/C24H31FN4O2/c25-21-7-4-6-20(18-21)19-24(31)27-12-11-26-23(30)10-5-13-28-14-16-29(17-15-28)22-8-2-1-3-9-22/h1-4,6-9,18H,5,10-17,19H2,(H,26,30)(H,27,31). The molecule has 2 N–H and O–H groups in total. The second kappa shape index (κ2) is 12.1. The Labute approximate surface area is 183 Å². The van der Waals surface area contributed by atoms with E-state index in [1.165, 1.54) is 17.8 Å². The highest BCUT2D eigenvalue weighted by molar-refractivity contribution is 5.79. The van der Waals surface area contributed by atoms with Crippen molar-refractivity contribution >= 4 is 17.5 Å². The fraction of sp³-hybridized carbons (Fsp3) is 0.417. The van der Waals surface area contributed by atoms with Crippen LogP contribution in [-0.2, 0) is 16.0 Å². The summed E-state index contributed by atoms with van der Waals surface area (Å²) in [4.78, 5) is 28.7. The third-order valence-corrected chi connectivity index (χ3v) is 5.39. The van der Waals surface area contributed by atoms with Crippen LogP contribution in [0.4, 0.5) is 10.1 Å². The highest BCUT2D eigenvalue weighted by Crippen LogP contribution is 2.15. The molecule has 1 saturated heterocycles. The zero-order valence-corrected chi connectivity index (χ0v) is 17.9. The van der Waals surface area contributed by atoms with Gasteiger partial charge >= 0.3 is 0 Å². The molecular weight excluding hydrogens is 395 g/mol. The van der Waals surface area contributed by atoms with E-state index in [0.717, 1.165) is 39.1 Å². The number of hydrogen-bond donors (Lipinski definition) is 2. The fourth-order valence-electron chi connectivity index (χ4n) is 3.72. The molecule has 1 fully saturated rings. The normalized spacial score (nSPS) is 14.3. The van der Waals surface area contributed by atoms with E-state index < -0.39 is 0 Å². The van der Waals surface area contributed by atoms with Gasteiger partial charge in [-0.05, 0) is 42.8 Å². The number of nitrogens with zero attached hydrogens (tertiary/aromatic N) is 2. The number of amides is 2. The van der Waals surface area contributed by atoms with E-state index in [1.807, 2.05) is 6.07 Å². The van der Waals surface area contributed by atoms with E-state index in [1.54, 1.807) is 12.1 Å². The Hall–Kier alpha value is -2.93. The van der Waals surface area contributed by atoms with Crippen molar-refractivity contribution in [3.63, 3.8) is 0 Å². The molecule has 2 aromatic carbocycles. The maximum Gasteiger partial charge on any atom is 0.224 e. The molecule has 0 atom stereocenters. The highest BCUT2D eigenvalue weighted by atomic mass is 19.1. The quantitative estimate of drug-likeness (QED) is 0.572. The Morgan fingerprint density at radius 3 is 2.29 bits per heavy atom. The zero-order valence-electron chi connectivity index (χ0n) is 17.9. The van der Waals surface area contributed by atoms with Crippen LogP contribution in [0, 0.1) is 5.82 Å². The molecule has 2 aromatic rings. The van der Waals surface area contributed by atoms with Gasteiger partial charge in [0.2, 0.25) is 11.8 Å². The number of para-hydroxylation sites is 1. The molecule has 166 valence electrons. The van der Waals surface area contributed by atoms with E-state index in [-0.39, 0.29) is 24.1 Å². The summed E-state index contributed by atoms with van der Waals surface area (Å²) in [6.07, 6.45) is 1.43. The van der Waals surface area contributed by atoms with Gasteiger partial charge in [-0.25, -0.2) is 4.39 Å². The Morgan fingerprint density at radius 2 is 1.58 bits per heavy atom. The highest BCUT2D eigenvalue weighted by Gasteiger charge is 2.16. The van der Waals surface area contributed by atoms with Gasteiger partial charge in [-0.1, -0.05) is 30.3 Å². The van der Waals surface area contributed by atoms with Crippen LogP contribution >= 0.6 is 0 Å². The third-order valence-electron chi connectivity index (χ3n) is 5.39. The van der Waals surface area contributed by atoms with Gasteiger partial charge in [0, 0.05) is 51.4 Å². The molecule has 0 aromatic heterocycles. The Bertz CT molecular complexity index is 838. The van der Waals surface area contributed by atoms with Crippen molar-refractivity contribution in [2.24, 2.45) is 0 Å². The first-order valence-electron chi connectivity index (χ1n) is 10.9. The lowest BCUT2D eigenvalue weighted by Crippen LogP contribution is -2.46. The molecule has 0 aliphatic carbocycles. The minimum absolute atomic E-state index is 0.00213. The van der Waals surface area contributed by atoms with Crippen molar-refractivity contribution in [3.8, 4) is 0 Å². The summed E-state index contributed by atoms with van der Waals surface area (Å²) >= 11 is 0. The predicted octanol–water partition coefficient (Wildman–Crippen LogP) is 2.20. The largest absolute Gasteiger partial charge is 0.369 e. The van der Waals surface area contributed by atoms with Crippen molar-refractivity contribution in [1.82, 2.24) is 15.5 Å². The molecule has 0 spiro atoms. The van der Waals surface area contributed by atoms with Crippen LogP contribution in [0.1, 0.15) is 18.4 Å². The molecule has 7 heteroatoms. The summed E-state index contributed by atoms with van der Waals surface area (Å²) in [5.41, 5.74) is 1.90. The van der Waals surface area contributed by atoms with Gasteiger partial charge in [-0.3, -0.25) is 14.5 Å². The van der Waals surface area contributed by atoms with Gasteiger partial charge < -0.3 is 15.5 Å². The molecule has 0 radical (unpaired) electrons. The molecular formula is C24H31FN4O2. The van der Waals surface area contributed by atoms with Crippen molar-refractivity contribution in [3.05, 3.63) is 66.0 Å². The second-order valence-electron chi connectivity index (χ2n) is 7.77. The van der Waals surface area contributed by atoms with Gasteiger partial charge in [0.15, 0.2) is 0 Å². The molecule has 1 aliphatic heterocycles. The minimum atomic E-state index is -0.351. The van der Waals surface area contributed by atoms with Gasteiger partial charge in [0.05, 0.1) is 6.42 Å². The summed E-state index contributed by atoms with van der Waals surface area (Å²) in [6.45, 7) is 5.70. The lowest BCUT2D eigenvalue weighted by atomic mass is 10.1. The molecule has 0 saturated carbocycles. The number of hydrogen-bond acceptors (Lipinski definition) is 4. The first-order chi connectivity index (χ1) is 15.1. The molecule has 3 rings (SSSR count). The van der Waals surface area contributed by atoms with Crippen LogP contribution < -0.4 is 15.5 Å². The average Bonchev–Trinajstić information content (AvgIpc) is 2.78. The fourth-order valence-corrected chi connectivity index (χ4v) is 3.72. The molecule has 0 bridgehead atoms. The van der Waals surface area contributed by atoms with Crippen molar-refractivity contribution < 1.29 is 14.0 Å². The summed E-state index contributed by atoms with van der Waals surface area (Å²) < 4.78 is 13.1. The van der Waals surface area contributed by atoms with Crippen LogP contribution in [0.5, 0.6) is 0 Å². The number of anilines is 1. The third kappa shape index (κ3) is 8.02. The number of carbonyl (C=O) groups is 2. The molecule has 2 amide bonds. The van der Waals surface area contributed by atoms with Crippen LogP contribution in [0.25, 0.3) is 0 Å². The summed E-state index contributed by atoms with van der Waals surface area (Å²) in [5, 5.41) is 5.58. The number of benzene rings is 2. The monoisotopic (exact) mass is 426 g/mol. The number of carbonyl (C=O) groups excluding carboxylic acids is 2. The van der Waals surface area contributed by atoms with Crippen LogP contribution in [0.15, 0.2) is 54.6 Å². The number of halogens is 1. The summed E-state index contributed by atoms with van der Waals surface area (Å²) in [5.74, 6) is -0.535. The maximum atomic E-state index is 13.1. The Kier molecular flexibility index (Phi) is 8.84. The van der Waals surface area contributed by atoms with Crippen molar-refractivity contribution in [1.29, 1.82) is 0 Å². The summed E-state index contributed by atoms with van der Waals surface area (Å²) in [7, 11) is 0. The lowest BCUT2D eigenvalue weighted by molar-refractivity contribution is -0.122. The number of piperazine rings is 1. The van der Waals surface area contributed by atoms with E-state index in [2.05, 4.69) is 44.7 Å². The smallest absolute Gasteiger partial charge is 0.224 e. The van der Waals surface area contributed by atoms with E-state index in [4.69, 9.17) is 0 Å². The van der Waals surface area contributed by atoms with Gasteiger partial charge in [-0.15, -0.1) is 0 Å². The van der Waals surface area contributed by atoms with Gasteiger partial charge in [-0.2, -0.15) is 0 Å². The Morgan fingerprint density at radius 1 is 0.871 bits per heavy atom. The van der Waals surface area contributed by atoms with Crippen molar-refractivity contribution in [2.45, 2.75) is 19.3 Å². The first kappa shape index (κ1) is 22.7. The lowest BCUT2D eigenvalue weighted by Gasteiger charge is -2.36. The molecule has 6 nitrogen and oxygen atoms in total. The minimum Gasteiger partial charge on any atom is -0.369 e. The molecule has 1 heterocycles. The maximum absolute atomic E-state index is 13.1. The van der Waals surface area contributed by atoms with E-state index in [9.17, 15) is 14.0 Å². The van der Waals surface area contributed by atoms with Crippen LogP contribution in [0.3, 0.4) is 0 Å². The van der Waals surface area contributed by atoms with E-state index in [0.29, 0.717) is 25.1 Å². The average molecular weight is 427 g/mol. The van der Waals surface area contributed by atoms with Crippen LogP contribution in [0.2, 0.25) is 0 Å². The van der Waals surface area contributed by atoms with Crippen molar-refractivity contribution in [2.75, 3.05) is 50.7 Å². The number of rotatable bonds is 10. The SMILES string of the molecule is O=C(CCCN1CCN(c2ccccc2)CC1)NCCNC(=O)Cc1cccc(F)c1. The topological polar surface area (TPSA) is 64.7 Å². The first-order valence-corrected chi connectivity index (χ1v) is 10.9. The predicted molar refractivity (Wildman–Crippen MR) is 120 cm³/mol. The number of nitrogens with one attached hydrogen (secondary N) is 2. The Balaban J connectivity index is 1.21.